The molecule has 1 fully saturated rings. The third-order valence-electron chi connectivity index (χ3n) is 6.47. The van der Waals surface area contributed by atoms with Crippen LogP contribution in [0, 0.1) is 5.92 Å². The van der Waals surface area contributed by atoms with E-state index in [1.165, 1.54) is 16.5 Å². The Morgan fingerprint density at radius 2 is 2.00 bits per heavy atom. The number of nitrogens with one attached hydrogen (secondary N) is 1. The van der Waals surface area contributed by atoms with Crippen LogP contribution in [-0.2, 0) is 24.1 Å². The van der Waals surface area contributed by atoms with E-state index in [1.807, 2.05) is 17.2 Å². The van der Waals surface area contributed by atoms with E-state index in [2.05, 4.69) is 34.5 Å². The number of aromatic amines is 1. The number of ketones is 1. The number of piperidine rings is 1. The number of nitrogens with zero attached hydrogens (tertiary/aromatic N) is 2. The van der Waals surface area contributed by atoms with Crippen molar-refractivity contribution in [1.29, 1.82) is 0 Å². The van der Waals surface area contributed by atoms with Crippen LogP contribution in [0.15, 0.2) is 42.7 Å². The van der Waals surface area contributed by atoms with Gasteiger partial charge in [-0.3, -0.25) is 14.7 Å². The van der Waals surface area contributed by atoms with Crippen molar-refractivity contribution in [3.63, 3.8) is 0 Å². The number of carbonyl (C=O) groups excluding carboxylic acids is 2. The van der Waals surface area contributed by atoms with E-state index in [4.69, 9.17) is 0 Å². The van der Waals surface area contributed by atoms with Crippen molar-refractivity contribution in [1.82, 2.24) is 15.1 Å². The summed E-state index contributed by atoms with van der Waals surface area (Å²) in [4.78, 5) is 28.0. The average molecular weight is 387 g/mol. The van der Waals surface area contributed by atoms with Crippen molar-refractivity contribution in [2.75, 3.05) is 13.1 Å². The summed E-state index contributed by atoms with van der Waals surface area (Å²) in [5.74, 6) is 0.206. The van der Waals surface area contributed by atoms with Gasteiger partial charge in [0.1, 0.15) is 0 Å². The average Bonchev–Trinajstić information content (AvgIpc) is 3.43. The lowest BCUT2D eigenvalue weighted by atomic mass is 9.87. The molecule has 5 rings (SSSR count). The SMILES string of the molecule is O=C(c1ccc2c3c(cccc13)CC2)C1CCCN(C(=O)CCc2cn[nH]c2)C1. The fourth-order valence-corrected chi connectivity index (χ4v) is 4.92. The highest BCUT2D eigenvalue weighted by molar-refractivity contribution is 6.11. The van der Waals surface area contributed by atoms with Crippen LogP contribution in [-0.4, -0.2) is 39.9 Å². The number of aromatic nitrogens is 2. The zero-order valence-electron chi connectivity index (χ0n) is 16.5. The lowest BCUT2D eigenvalue weighted by Crippen LogP contribution is -2.42. The highest BCUT2D eigenvalue weighted by atomic mass is 16.2. The van der Waals surface area contributed by atoms with Crippen LogP contribution in [0.4, 0.5) is 0 Å². The number of rotatable bonds is 5. The molecule has 2 heterocycles. The zero-order valence-corrected chi connectivity index (χ0v) is 16.5. The molecule has 0 bridgehead atoms. The Balaban J connectivity index is 1.33. The van der Waals surface area contributed by atoms with Crippen molar-refractivity contribution in [2.45, 2.75) is 38.5 Å². The van der Waals surface area contributed by atoms with Gasteiger partial charge < -0.3 is 4.90 Å². The summed E-state index contributed by atoms with van der Waals surface area (Å²) >= 11 is 0. The molecule has 5 heteroatoms. The number of hydrogen-bond donors (Lipinski definition) is 1. The Morgan fingerprint density at radius 1 is 1.14 bits per heavy atom. The fourth-order valence-electron chi connectivity index (χ4n) is 4.92. The topological polar surface area (TPSA) is 66.1 Å². The van der Waals surface area contributed by atoms with Crippen molar-refractivity contribution < 1.29 is 9.59 Å². The predicted molar refractivity (Wildman–Crippen MR) is 112 cm³/mol. The van der Waals surface area contributed by atoms with E-state index < -0.39 is 0 Å². The van der Waals surface area contributed by atoms with Crippen LogP contribution < -0.4 is 0 Å². The fraction of sp³-hybridized carbons (Fsp3) is 0.375. The highest BCUT2D eigenvalue weighted by Crippen LogP contribution is 2.34. The quantitative estimate of drug-likeness (QED) is 0.679. The maximum Gasteiger partial charge on any atom is 0.222 e. The van der Waals surface area contributed by atoms with Gasteiger partial charge in [0.25, 0.3) is 0 Å². The highest BCUT2D eigenvalue weighted by Gasteiger charge is 2.30. The molecule has 1 unspecified atom stereocenters. The molecule has 5 nitrogen and oxygen atoms in total. The van der Waals surface area contributed by atoms with Crippen molar-refractivity contribution >= 4 is 22.5 Å². The summed E-state index contributed by atoms with van der Waals surface area (Å²) in [6.45, 7) is 1.28. The number of benzene rings is 2. The molecule has 1 amide bonds. The predicted octanol–water partition coefficient (Wildman–Crippen LogP) is 3.72. The lowest BCUT2D eigenvalue weighted by molar-refractivity contribution is -0.132. The minimum absolute atomic E-state index is 0.111. The molecule has 0 radical (unpaired) electrons. The largest absolute Gasteiger partial charge is 0.342 e. The smallest absolute Gasteiger partial charge is 0.222 e. The first-order valence-corrected chi connectivity index (χ1v) is 10.5. The van der Waals surface area contributed by atoms with E-state index in [0.717, 1.165) is 48.7 Å². The molecule has 148 valence electrons. The first kappa shape index (κ1) is 18.1. The van der Waals surface area contributed by atoms with E-state index in [-0.39, 0.29) is 17.6 Å². The number of hydrogen-bond acceptors (Lipinski definition) is 3. The molecule has 1 saturated heterocycles. The normalized spacial score (nSPS) is 18.3. The number of aryl methyl sites for hydroxylation is 3. The second-order valence-corrected chi connectivity index (χ2v) is 8.26. The summed E-state index contributed by atoms with van der Waals surface area (Å²) < 4.78 is 0. The molecule has 2 aromatic carbocycles. The molecule has 1 aromatic heterocycles. The maximum atomic E-state index is 13.4. The summed E-state index contributed by atoms with van der Waals surface area (Å²) in [7, 11) is 0. The molecule has 29 heavy (non-hydrogen) atoms. The second-order valence-electron chi connectivity index (χ2n) is 8.26. The van der Waals surface area contributed by atoms with Gasteiger partial charge in [0.05, 0.1) is 6.20 Å². The molecular formula is C24H25N3O2. The van der Waals surface area contributed by atoms with Crippen LogP contribution in [0.25, 0.3) is 10.8 Å². The van der Waals surface area contributed by atoms with Gasteiger partial charge >= 0.3 is 0 Å². The van der Waals surface area contributed by atoms with Gasteiger partial charge in [-0.05, 0) is 59.6 Å². The first-order chi connectivity index (χ1) is 14.2. The number of Topliss-reactive ketones (excluding diaryl/α,β-unsaturated/α-hetero) is 1. The third kappa shape index (κ3) is 3.35. The molecule has 0 saturated carbocycles. The first-order valence-electron chi connectivity index (χ1n) is 10.5. The van der Waals surface area contributed by atoms with E-state index in [0.29, 0.717) is 19.4 Å². The van der Waals surface area contributed by atoms with Gasteiger partial charge in [0, 0.05) is 37.2 Å². The van der Waals surface area contributed by atoms with E-state index >= 15 is 0 Å². The molecular weight excluding hydrogens is 362 g/mol. The van der Waals surface area contributed by atoms with Crippen LogP contribution in [0.5, 0.6) is 0 Å². The van der Waals surface area contributed by atoms with Crippen LogP contribution in [0.2, 0.25) is 0 Å². The van der Waals surface area contributed by atoms with Gasteiger partial charge in [0.2, 0.25) is 5.91 Å². The molecule has 1 aliphatic heterocycles. The van der Waals surface area contributed by atoms with Gasteiger partial charge in [-0.2, -0.15) is 5.10 Å². The minimum atomic E-state index is -0.111. The number of carbonyl (C=O) groups is 2. The Hall–Kier alpha value is -2.95. The van der Waals surface area contributed by atoms with Gasteiger partial charge in [-0.25, -0.2) is 0 Å². The summed E-state index contributed by atoms with van der Waals surface area (Å²) in [5.41, 5.74) is 4.57. The molecule has 1 atom stereocenters. The van der Waals surface area contributed by atoms with Crippen LogP contribution in [0.3, 0.4) is 0 Å². The third-order valence-corrected chi connectivity index (χ3v) is 6.47. The Kier molecular flexibility index (Phi) is 4.66. The summed E-state index contributed by atoms with van der Waals surface area (Å²) in [6.07, 6.45) is 8.58. The van der Waals surface area contributed by atoms with Crippen molar-refractivity contribution in [3.8, 4) is 0 Å². The molecule has 3 aromatic rings. The second kappa shape index (κ2) is 7.47. The van der Waals surface area contributed by atoms with E-state index in [9.17, 15) is 9.59 Å². The summed E-state index contributed by atoms with van der Waals surface area (Å²) in [6, 6.07) is 10.5. The minimum Gasteiger partial charge on any atom is -0.342 e. The van der Waals surface area contributed by atoms with Gasteiger partial charge in [-0.1, -0.05) is 30.3 Å². The van der Waals surface area contributed by atoms with Crippen molar-refractivity contribution in [3.05, 3.63) is 65.0 Å². The van der Waals surface area contributed by atoms with Crippen LogP contribution >= 0.6 is 0 Å². The van der Waals surface area contributed by atoms with Gasteiger partial charge in [0.15, 0.2) is 5.78 Å². The van der Waals surface area contributed by atoms with Gasteiger partial charge in [-0.15, -0.1) is 0 Å². The maximum absolute atomic E-state index is 13.4. The Morgan fingerprint density at radius 3 is 2.83 bits per heavy atom. The lowest BCUT2D eigenvalue weighted by Gasteiger charge is -2.32. The monoisotopic (exact) mass is 387 g/mol. The molecule has 0 spiro atoms. The Bertz CT molecular complexity index is 1060. The number of H-pyrrole nitrogens is 1. The summed E-state index contributed by atoms with van der Waals surface area (Å²) in [5, 5.41) is 9.08. The number of likely N-dealkylation sites (tertiary alicyclic amines) is 1. The number of amides is 1. The van der Waals surface area contributed by atoms with Crippen molar-refractivity contribution in [2.24, 2.45) is 5.92 Å². The molecule has 1 aliphatic carbocycles. The molecule has 1 N–H and O–H groups in total. The molecule has 2 aliphatic rings. The van der Waals surface area contributed by atoms with Crippen LogP contribution in [0.1, 0.15) is 46.3 Å². The van der Waals surface area contributed by atoms with E-state index in [1.54, 1.807) is 6.20 Å². The Labute approximate surface area is 170 Å². The standard InChI is InChI=1S/C24H25N3O2/c28-22(11-6-16-13-25-26-14-16)27-12-2-4-19(15-27)24(29)21-10-9-18-8-7-17-3-1-5-20(21)23(17)18/h1,3,5,9-10,13-14,19H,2,4,6-8,11-12,15H2,(H,25,26). The zero-order chi connectivity index (χ0) is 19.8.